The van der Waals surface area contributed by atoms with Crippen LogP contribution in [0, 0.1) is 23.7 Å². The molecular weight excluding hydrogens is 260 g/mol. The highest BCUT2D eigenvalue weighted by Crippen LogP contribution is 2.49. The lowest BCUT2D eigenvalue weighted by Crippen LogP contribution is -2.50. The zero-order valence-corrected chi connectivity index (χ0v) is 13.4. The smallest absolute Gasteiger partial charge is 0.239 e. The Morgan fingerprint density at radius 1 is 1.05 bits per heavy atom. The summed E-state index contributed by atoms with van der Waals surface area (Å²) in [4.78, 5) is 15.3. The maximum atomic E-state index is 13.0. The van der Waals surface area contributed by atoms with Crippen molar-refractivity contribution in [3.05, 3.63) is 0 Å². The molecule has 0 radical (unpaired) electrons. The standard InChI is InChI=1S/C18H30N2O/c1-19-16-8-7-13-3-2-4-17(13)20(18(16)21)11-15-10-12-5-6-14(15)9-12/h12-17,19H,2-11H2,1H3. The fraction of sp³-hybridized carbons (Fsp3) is 0.944. The molecule has 6 atom stereocenters. The lowest BCUT2D eigenvalue weighted by molar-refractivity contribution is -0.136. The van der Waals surface area contributed by atoms with Crippen molar-refractivity contribution in [2.45, 2.75) is 69.9 Å². The van der Waals surface area contributed by atoms with Crippen LogP contribution in [0.2, 0.25) is 0 Å². The van der Waals surface area contributed by atoms with Crippen molar-refractivity contribution in [2.24, 2.45) is 23.7 Å². The van der Waals surface area contributed by atoms with Gasteiger partial charge < -0.3 is 10.2 Å². The molecule has 1 amide bonds. The monoisotopic (exact) mass is 290 g/mol. The highest BCUT2D eigenvalue weighted by Gasteiger charge is 2.45. The molecule has 0 aromatic heterocycles. The summed E-state index contributed by atoms with van der Waals surface area (Å²) in [5, 5.41) is 3.28. The first kappa shape index (κ1) is 14.0. The molecule has 4 fully saturated rings. The van der Waals surface area contributed by atoms with Gasteiger partial charge in [-0.2, -0.15) is 0 Å². The van der Waals surface area contributed by atoms with E-state index in [1.54, 1.807) is 0 Å². The van der Waals surface area contributed by atoms with Gasteiger partial charge in [0.2, 0.25) is 5.91 Å². The van der Waals surface area contributed by atoms with Crippen LogP contribution >= 0.6 is 0 Å². The third-order valence-electron chi connectivity index (χ3n) is 7.09. The van der Waals surface area contributed by atoms with Crippen LogP contribution in [-0.4, -0.2) is 36.5 Å². The average molecular weight is 290 g/mol. The van der Waals surface area contributed by atoms with E-state index < -0.39 is 0 Å². The molecule has 3 saturated carbocycles. The Morgan fingerprint density at radius 3 is 2.62 bits per heavy atom. The number of fused-ring (bicyclic) bond motifs is 3. The number of hydrogen-bond acceptors (Lipinski definition) is 2. The first-order valence-electron chi connectivity index (χ1n) is 9.24. The van der Waals surface area contributed by atoms with Crippen molar-refractivity contribution in [2.75, 3.05) is 13.6 Å². The molecule has 4 rings (SSSR count). The largest absolute Gasteiger partial charge is 0.338 e. The van der Waals surface area contributed by atoms with Crippen LogP contribution in [0.5, 0.6) is 0 Å². The Hall–Kier alpha value is -0.570. The van der Waals surface area contributed by atoms with Gasteiger partial charge in [-0.25, -0.2) is 0 Å². The minimum absolute atomic E-state index is 0.0780. The molecule has 3 nitrogen and oxygen atoms in total. The summed E-state index contributed by atoms with van der Waals surface area (Å²) in [7, 11) is 1.96. The molecule has 21 heavy (non-hydrogen) atoms. The summed E-state index contributed by atoms with van der Waals surface area (Å²) in [5.74, 6) is 3.92. The number of hydrogen-bond donors (Lipinski definition) is 1. The van der Waals surface area contributed by atoms with Crippen LogP contribution in [0.4, 0.5) is 0 Å². The van der Waals surface area contributed by atoms with Crippen molar-refractivity contribution in [1.29, 1.82) is 0 Å². The first-order chi connectivity index (χ1) is 10.3. The second kappa shape index (κ2) is 5.57. The van der Waals surface area contributed by atoms with Gasteiger partial charge in [0.05, 0.1) is 6.04 Å². The van der Waals surface area contributed by atoms with Gasteiger partial charge in [-0.3, -0.25) is 4.79 Å². The average Bonchev–Trinajstić information content (AvgIpc) is 3.19. The van der Waals surface area contributed by atoms with Crippen LogP contribution in [0.25, 0.3) is 0 Å². The third kappa shape index (κ3) is 2.42. The molecule has 1 heterocycles. The van der Waals surface area contributed by atoms with Gasteiger partial charge in [0.1, 0.15) is 0 Å². The summed E-state index contributed by atoms with van der Waals surface area (Å²) >= 11 is 0. The van der Waals surface area contributed by atoms with Gasteiger partial charge in [0, 0.05) is 12.6 Å². The highest BCUT2D eigenvalue weighted by atomic mass is 16.2. The minimum Gasteiger partial charge on any atom is -0.338 e. The summed E-state index contributed by atoms with van der Waals surface area (Å²) in [6.07, 6.45) is 12.0. The number of nitrogens with one attached hydrogen (secondary N) is 1. The fourth-order valence-corrected chi connectivity index (χ4v) is 5.98. The quantitative estimate of drug-likeness (QED) is 0.867. The highest BCUT2D eigenvalue weighted by molar-refractivity contribution is 5.82. The Kier molecular flexibility index (Phi) is 3.72. The van der Waals surface area contributed by atoms with Gasteiger partial charge >= 0.3 is 0 Å². The molecule has 0 spiro atoms. The Balaban J connectivity index is 1.52. The summed E-state index contributed by atoms with van der Waals surface area (Å²) in [6.45, 7) is 1.07. The van der Waals surface area contributed by atoms with Crippen LogP contribution in [0.1, 0.15) is 57.8 Å². The van der Waals surface area contributed by atoms with E-state index in [0.717, 1.165) is 36.6 Å². The van der Waals surface area contributed by atoms with Crippen molar-refractivity contribution in [1.82, 2.24) is 10.2 Å². The third-order valence-corrected chi connectivity index (χ3v) is 7.09. The maximum Gasteiger partial charge on any atom is 0.239 e. The molecule has 4 aliphatic rings. The second-order valence-electron chi connectivity index (χ2n) is 8.10. The van der Waals surface area contributed by atoms with E-state index in [1.165, 1.54) is 51.4 Å². The number of rotatable bonds is 3. The number of amides is 1. The van der Waals surface area contributed by atoms with Crippen LogP contribution < -0.4 is 5.32 Å². The zero-order chi connectivity index (χ0) is 14.4. The van der Waals surface area contributed by atoms with Crippen LogP contribution in [-0.2, 0) is 4.79 Å². The maximum absolute atomic E-state index is 13.0. The van der Waals surface area contributed by atoms with Gasteiger partial charge in [0.15, 0.2) is 0 Å². The Morgan fingerprint density at radius 2 is 1.90 bits per heavy atom. The van der Waals surface area contributed by atoms with E-state index in [4.69, 9.17) is 0 Å². The first-order valence-corrected chi connectivity index (χ1v) is 9.24. The van der Waals surface area contributed by atoms with Crippen molar-refractivity contribution >= 4 is 5.91 Å². The molecular formula is C18H30N2O. The summed E-state index contributed by atoms with van der Waals surface area (Å²) in [5.41, 5.74) is 0. The number of likely N-dealkylation sites (tertiary alicyclic amines) is 1. The van der Waals surface area contributed by atoms with Gasteiger partial charge in [-0.05, 0) is 75.7 Å². The van der Waals surface area contributed by atoms with Gasteiger partial charge in [0.25, 0.3) is 0 Å². The molecule has 118 valence electrons. The molecule has 6 unspecified atom stereocenters. The lowest BCUT2D eigenvalue weighted by atomic mass is 9.87. The zero-order valence-electron chi connectivity index (χ0n) is 13.4. The van der Waals surface area contributed by atoms with Gasteiger partial charge in [-0.1, -0.05) is 12.8 Å². The summed E-state index contributed by atoms with van der Waals surface area (Å²) in [6, 6.07) is 0.643. The Labute approximate surface area is 128 Å². The molecule has 1 N–H and O–H groups in total. The van der Waals surface area contributed by atoms with Crippen molar-refractivity contribution < 1.29 is 4.79 Å². The molecule has 3 heteroatoms. The Bertz CT molecular complexity index is 410. The SMILES string of the molecule is CNC1CCC2CCCC2N(CC2CC3CCC2C3)C1=O. The predicted octanol–water partition coefficient (Wildman–Crippen LogP) is 2.80. The van der Waals surface area contributed by atoms with E-state index in [0.29, 0.717) is 11.9 Å². The number of likely N-dealkylation sites (N-methyl/N-ethyl adjacent to an activating group) is 1. The topological polar surface area (TPSA) is 32.3 Å². The van der Waals surface area contributed by atoms with Crippen molar-refractivity contribution in [3.8, 4) is 0 Å². The van der Waals surface area contributed by atoms with E-state index in [-0.39, 0.29) is 6.04 Å². The van der Waals surface area contributed by atoms with Crippen molar-refractivity contribution in [3.63, 3.8) is 0 Å². The van der Waals surface area contributed by atoms with E-state index in [1.807, 2.05) is 7.05 Å². The van der Waals surface area contributed by atoms with E-state index in [2.05, 4.69) is 10.2 Å². The molecule has 1 aliphatic heterocycles. The molecule has 0 aromatic carbocycles. The fourth-order valence-electron chi connectivity index (χ4n) is 5.98. The summed E-state index contributed by atoms with van der Waals surface area (Å²) < 4.78 is 0. The number of carbonyl (C=O) groups is 1. The second-order valence-corrected chi connectivity index (χ2v) is 8.10. The molecule has 2 bridgehead atoms. The van der Waals surface area contributed by atoms with E-state index in [9.17, 15) is 4.79 Å². The number of carbonyl (C=O) groups excluding carboxylic acids is 1. The molecule has 0 aromatic rings. The van der Waals surface area contributed by atoms with Crippen LogP contribution in [0.3, 0.4) is 0 Å². The van der Waals surface area contributed by atoms with Gasteiger partial charge in [-0.15, -0.1) is 0 Å². The molecule has 3 aliphatic carbocycles. The normalized spacial score (nSPS) is 46.0. The predicted molar refractivity (Wildman–Crippen MR) is 83.9 cm³/mol. The van der Waals surface area contributed by atoms with E-state index >= 15 is 0 Å². The lowest BCUT2D eigenvalue weighted by Gasteiger charge is -2.36. The molecule has 1 saturated heterocycles. The van der Waals surface area contributed by atoms with Crippen LogP contribution in [0.15, 0.2) is 0 Å². The number of nitrogens with zero attached hydrogens (tertiary/aromatic N) is 1. The minimum atomic E-state index is 0.0780.